The monoisotopic (exact) mass is 385 g/mol. The van der Waals surface area contributed by atoms with Crippen LogP contribution in [0.5, 0.6) is 5.75 Å². The average molecular weight is 386 g/mol. The minimum Gasteiger partial charge on any atom is -0.497 e. The highest BCUT2D eigenvalue weighted by molar-refractivity contribution is 5.95. The number of urea groups is 1. The summed E-state index contributed by atoms with van der Waals surface area (Å²) >= 11 is 0. The molecule has 3 amide bonds. The predicted octanol–water partition coefficient (Wildman–Crippen LogP) is 2.92. The van der Waals surface area contributed by atoms with E-state index in [-0.39, 0.29) is 24.0 Å². The molecule has 0 aliphatic heterocycles. The van der Waals surface area contributed by atoms with Crippen molar-refractivity contribution < 1.29 is 14.3 Å². The zero-order valence-electron chi connectivity index (χ0n) is 16.9. The Balaban J connectivity index is 1.24. The first-order valence-electron chi connectivity index (χ1n) is 10.4. The second-order valence-electron chi connectivity index (χ2n) is 9.22. The maximum atomic E-state index is 12.5. The predicted molar refractivity (Wildman–Crippen MR) is 107 cm³/mol. The SMILES string of the molecule is COc1ccc(CN(C)CC(=O)NC(=O)NC23CC4CC(CC(C4)C2)C3)cc1. The second-order valence-corrected chi connectivity index (χ2v) is 9.22. The van der Waals surface area contributed by atoms with Gasteiger partial charge >= 0.3 is 6.03 Å². The maximum absolute atomic E-state index is 12.5. The molecule has 0 aromatic heterocycles. The van der Waals surface area contributed by atoms with Gasteiger partial charge in [-0.2, -0.15) is 0 Å². The van der Waals surface area contributed by atoms with Crippen molar-refractivity contribution >= 4 is 11.9 Å². The van der Waals surface area contributed by atoms with Gasteiger partial charge in [-0.15, -0.1) is 0 Å². The van der Waals surface area contributed by atoms with E-state index in [1.807, 2.05) is 36.2 Å². The van der Waals surface area contributed by atoms with Crippen LogP contribution >= 0.6 is 0 Å². The summed E-state index contributed by atoms with van der Waals surface area (Å²) in [6.45, 7) is 0.814. The lowest BCUT2D eigenvalue weighted by atomic mass is 9.53. The van der Waals surface area contributed by atoms with Gasteiger partial charge in [0.05, 0.1) is 13.7 Å². The molecule has 4 aliphatic carbocycles. The number of hydrogen-bond donors (Lipinski definition) is 2. The number of ether oxygens (including phenoxy) is 1. The van der Waals surface area contributed by atoms with Crippen molar-refractivity contribution in [2.24, 2.45) is 17.8 Å². The number of benzene rings is 1. The molecule has 6 nitrogen and oxygen atoms in total. The summed E-state index contributed by atoms with van der Waals surface area (Å²) in [5.74, 6) is 2.83. The van der Waals surface area contributed by atoms with Gasteiger partial charge < -0.3 is 10.1 Å². The van der Waals surface area contributed by atoms with Gasteiger partial charge in [0.15, 0.2) is 0 Å². The Bertz CT molecular complexity index is 696. The Morgan fingerprint density at radius 1 is 1.07 bits per heavy atom. The van der Waals surface area contributed by atoms with Crippen LogP contribution in [0.2, 0.25) is 0 Å². The number of rotatable bonds is 6. The normalized spacial score (nSPS) is 30.3. The zero-order chi connectivity index (χ0) is 19.7. The summed E-state index contributed by atoms with van der Waals surface area (Å²) in [5.41, 5.74) is 1.02. The number of carbonyl (C=O) groups is 2. The van der Waals surface area contributed by atoms with Crippen molar-refractivity contribution in [2.75, 3.05) is 20.7 Å². The fourth-order valence-corrected chi connectivity index (χ4v) is 6.05. The molecule has 0 saturated heterocycles. The molecule has 1 aromatic carbocycles. The van der Waals surface area contributed by atoms with Gasteiger partial charge in [-0.3, -0.25) is 15.0 Å². The molecule has 0 unspecified atom stereocenters. The number of likely N-dealkylation sites (N-methyl/N-ethyl adjacent to an activating group) is 1. The van der Waals surface area contributed by atoms with Crippen LogP contribution in [0.4, 0.5) is 4.79 Å². The number of nitrogens with one attached hydrogen (secondary N) is 2. The Labute approximate surface area is 167 Å². The van der Waals surface area contributed by atoms with Crippen LogP contribution in [0.15, 0.2) is 24.3 Å². The summed E-state index contributed by atoms with van der Waals surface area (Å²) in [4.78, 5) is 26.7. The van der Waals surface area contributed by atoms with Crippen molar-refractivity contribution in [3.05, 3.63) is 29.8 Å². The van der Waals surface area contributed by atoms with E-state index in [1.165, 1.54) is 19.3 Å². The lowest BCUT2D eigenvalue weighted by molar-refractivity contribution is -0.121. The van der Waals surface area contributed by atoms with E-state index < -0.39 is 0 Å². The fraction of sp³-hybridized carbons (Fsp3) is 0.636. The first-order valence-corrected chi connectivity index (χ1v) is 10.4. The first kappa shape index (κ1) is 19.2. The molecule has 0 spiro atoms. The minimum absolute atomic E-state index is 0.0753. The molecule has 4 bridgehead atoms. The molecule has 6 heteroatoms. The standard InChI is InChI=1S/C22H31N3O3/c1-25(13-15-3-5-19(28-2)6-4-15)14-20(26)23-21(27)24-22-10-16-7-17(11-22)9-18(8-16)12-22/h3-6,16-18H,7-14H2,1-2H3,(H2,23,24,26,27). The highest BCUT2D eigenvalue weighted by Gasteiger charge is 2.51. The maximum Gasteiger partial charge on any atom is 0.321 e. The van der Waals surface area contributed by atoms with Crippen molar-refractivity contribution in [1.82, 2.24) is 15.5 Å². The zero-order valence-corrected chi connectivity index (χ0v) is 16.9. The van der Waals surface area contributed by atoms with Gasteiger partial charge in [0.1, 0.15) is 5.75 Å². The Hall–Kier alpha value is -2.08. The third-order valence-corrected chi connectivity index (χ3v) is 6.69. The second kappa shape index (κ2) is 7.74. The molecule has 4 saturated carbocycles. The lowest BCUT2D eigenvalue weighted by Gasteiger charge is -2.56. The van der Waals surface area contributed by atoms with E-state index in [0.29, 0.717) is 6.54 Å². The van der Waals surface area contributed by atoms with Crippen molar-refractivity contribution in [3.8, 4) is 5.75 Å². The average Bonchev–Trinajstić information content (AvgIpc) is 2.60. The third-order valence-electron chi connectivity index (χ3n) is 6.69. The molecule has 2 N–H and O–H groups in total. The third kappa shape index (κ3) is 4.32. The van der Waals surface area contributed by atoms with Crippen molar-refractivity contribution in [3.63, 3.8) is 0 Å². The van der Waals surface area contributed by atoms with Crippen molar-refractivity contribution in [1.29, 1.82) is 0 Å². The van der Waals surface area contributed by atoms with Crippen LogP contribution < -0.4 is 15.4 Å². The van der Waals surface area contributed by atoms with E-state index in [1.54, 1.807) is 7.11 Å². The van der Waals surface area contributed by atoms with Gasteiger partial charge in [0, 0.05) is 12.1 Å². The van der Waals surface area contributed by atoms with Gasteiger partial charge in [-0.05, 0) is 81.0 Å². The van der Waals surface area contributed by atoms with Crippen LogP contribution in [-0.4, -0.2) is 43.1 Å². The molecule has 1 aromatic rings. The summed E-state index contributed by atoms with van der Waals surface area (Å²) in [7, 11) is 3.51. The summed E-state index contributed by atoms with van der Waals surface area (Å²) in [6.07, 6.45) is 7.24. The summed E-state index contributed by atoms with van der Waals surface area (Å²) < 4.78 is 5.16. The molecule has 28 heavy (non-hydrogen) atoms. The van der Waals surface area contributed by atoms with Crippen LogP contribution in [0.25, 0.3) is 0 Å². The van der Waals surface area contributed by atoms with Crippen molar-refractivity contribution in [2.45, 2.75) is 50.6 Å². The van der Waals surface area contributed by atoms with Crippen LogP contribution in [0, 0.1) is 17.8 Å². The molecule has 0 heterocycles. The van der Waals surface area contributed by atoms with E-state index >= 15 is 0 Å². The number of methoxy groups -OCH3 is 1. The van der Waals surface area contributed by atoms with E-state index in [0.717, 1.165) is 48.3 Å². The topological polar surface area (TPSA) is 70.7 Å². The fourth-order valence-electron chi connectivity index (χ4n) is 6.05. The first-order chi connectivity index (χ1) is 13.4. The number of carbonyl (C=O) groups excluding carboxylic acids is 2. The lowest BCUT2D eigenvalue weighted by Crippen LogP contribution is -2.62. The Morgan fingerprint density at radius 2 is 1.64 bits per heavy atom. The van der Waals surface area contributed by atoms with E-state index in [9.17, 15) is 9.59 Å². The number of amides is 3. The van der Waals surface area contributed by atoms with Gasteiger partial charge in [-0.25, -0.2) is 4.79 Å². The molecular weight excluding hydrogens is 354 g/mol. The Morgan fingerprint density at radius 3 is 2.18 bits per heavy atom. The Kier molecular flexibility index (Phi) is 5.32. The molecular formula is C22H31N3O3. The number of imide groups is 1. The number of hydrogen-bond acceptors (Lipinski definition) is 4. The van der Waals surface area contributed by atoms with Crippen LogP contribution in [0.1, 0.15) is 44.1 Å². The highest BCUT2D eigenvalue weighted by Crippen LogP contribution is 2.55. The van der Waals surface area contributed by atoms with Gasteiger partial charge in [0.2, 0.25) is 5.91 Å². The van der Waals surface area contributed by atoms with Crippen LogP contribution in [0.3, 0.4) is 0 Å². The van der Waals surface area contributed by atoms with Gasteiger partial charge in [0.25, 0.3) is 0 Å². The summed E-state index contributed by atoms with van der Waals surface area (Å²) in [6, 6.07) is 7.44. The van der Waals surface area contributed by atoms with Crippen LogP contribution in [-0.2, 0) is 11.3 Å². The smallest absolute Gasteiger partial charge is 0.321 e. The molecule has 4 fully saturated rings. The van der Waals surface area contributed by atoms with E-state index in [4.69, 9.17) is 4.74 Å². The number of nitrogens with zero attached hydrogens (tertiary/aromatic N) is 1. The summed E-state index contributed by atoms with van der Waals surface area (Å²) in [5, 5.41) is 5.73. The van der Waals surface area contributed by atoms with Gasteiger partial charge in [-0.1, -0.05) is 12.1 Å². The van der Waals surface area contributed by atoms with E-state index in [2.05, 4.69) is 10.6 Å². The molecule has 0 radical (unpaired) electrons. The minimum atomic E-state index is -0.329. The highest BCUT2D eigenvalue weighted by atomic mass is 16.5. The molecule has 152 valence electrons. The quantitative estimate of drug-likeness (QED) is 0.790. The molecule has 4 aliphatic rings. The largest absolute Gasteiger partial charge is 0.497 e. The molecule has 5 rings (SSSR count). The molecule has 0 atom stereocenters.